The van der Waals surface area contributed by atoms with Gasteiger partial charge in [-0.05, 0) is 18.9 Å². The molecule has 1 aliphatic heterocycles. The summed E-state index contributed by atoms with van der Waals surface area (Å²) in [5.74, 6) is -0.0224. The van der Waals surface area contributed by atoms with Gasteiger partial charge < -0.3 is 4.90 Å². The maximum absolute atomic E-state index is 13.0. The van der Waals surface area contributed by atoms with Gasteiger partial charge in [-0.1, -0.05) is 30.3 Å². The molecule has 1 amide bonds. The zero-order chi connectivity index (χ0) is 17.2. The number of likely N-dealkylation sites (tertiary alicyclic amines) is 1. The smallest absolute Gasteiger partial charge is 0.257 e. The fraction of sp³-hybridized carbons (Fsp3) is 0.263. The molecule has 126 valence electrons. The van der Waals surface area contributed by atoms with Crippen LogP contribution in [-0.4, -0.2) is 43.6 Å². The summed E-state index contributed by atoms with van der Waals surface area (Å²) in [7, 11) is 0. The van der Waals surface area contributed by atoms with Gasteiger partial charge in [0.1, 0.15) is 6.33 Å². The topological polar surface area (TPSA) is 63.9 Å². The number of hydrogen-bond donors (Lipinski definition) is 0. The molecule has 0 N–H and O–H groups in total. The molecule has 0 radical (unpaired) electrons. The highest BCUT2D eigenvalue weighted by molar-refractivity contribution is 5.99. The van der Waals surface area contributed by atoms with Gasteiger partial charge in [0.15, 0.2) is 0 Å². The van der Waals surface area contributed by atoms with E-state index in [9.17, 15) is 4.79 Å². The predicted molar refractivity (Wildman–Crippen MR) is 94.0 cm³/mol. The third kappa shape index (κ3) is 3.03. The fourth-order valence-electron chi connectivity index (χ4n) is 3.26. The van der Waals surface area contributed by atoms with E-state index in [1.807, 2.05) is 59.2 Å². The fourth-order valence-corrected chi connectivity index (χ4v) is 3.26. The van der Waals surface area contributed by atoms with E-state index < -0.39 is 0 Å². The average molecular weight is 333 g/mol. The first-order valence-electron chi connectivity index (χ1n) is 8.38. The van der Waals surface area contributed by atoms with E-state index in [2.05, 4.69) is 15.1 Å². The van der Waals surface area contributed by atoms with Crippen molar-refractivity contribution in [1.29, 1.82) is 0 Å². The number of benzene rings is 1. The normalized spacial score (nSPS) is 17.0. The second-order valence-corrected chi connectivity index (χ2v) is 6.34. The van der Waals surface area contributed by atoms with Crippen molar-refractivity contribution in [2.45, 2.75) is 19.4 Å². The van der Waals surface area contributed by atoms with Crippen molar-refractivity contribution in [3.8, 4) is 11.3 Å². The lowest BCUT2D eigenvalue weighted by Gasteiger charge is -2.18. The van der Waals surface area contributed by atoms with E-state index in [0.29, 0.717) is 24.3 Å². The summed E-state index contributed by atoms with van der Waals surface area (Å²) in [6, 6.07) is 9.97. The molecule has 3 aromatic rings. The van der Waals surface area contributed by atoms with E-state index in [0.717, 1.165) is 17.5 Å². The standard InChI is InChI=1S/C19H19N5O/c1-14-9-22-24(11-14)16-7-8-23(12-16)19(25)17-10-20-13-21-18(17)15-5-3-2-4-6-15/h2-6,9-11,13,16H,7-8,12H2,1H3. The summed E-state index contributed by atoms with van der Waals surface area (Å²) in [5.41, 5.74) is 3.28. The summed E-state index contributed by atoms with van der Waals surface area (Å²) in [6.45, 7) is 3.39. The number of hydrogen-bond acceptors (Lipinski definition) is 4. The Kier molecular flexibility index (Phi) is 4.01. The van der Waals surface area contributed by atoms with Gasteiger partial charge in [-0.15, -0.1) is 0 Å². The molecule has 0 aliphatic carbocycles. The van der Waals surface area contributed by atoms with Crippen LogP contribution < -0.4 is 0 Å². The van der Waals surface area contributed by atoms with Gasteiger partial charge in [-0.2, -0.15) is 5.10 Å². The Bertz CT molecular complexity index is 890. The van der Waals surface area contributed by atoms with Crippen LogP contribution in [0, 0.1) is 6.92 Å². The van der Waals surface area contributed by atoms with Gasteiger partial charge in [-0.25, -0.2) is 9.97 Å². The van der Waals surface area contributed by atoms with E-state index in [-0.39, 0.29) is 11.9 Å². The molecule has 1 aliphatic rings. The van der Waals surface area contributed by atoms with Gasteiger partial charge in [-0.3, -0.25) is 9.48 Å². The Morgan fingerprint density at radius 2 is 2.04 bits per heavy atom. The first-order chi connectivity index (χ1) is 12.2. The zero-order valence-corrected chi connectivity index (χ0v) is 14.0. The van der Waals surface area contributed by atoms with Crippen LogP contribution in [-0.2, 0) is 0 Å². The van der Waals surface area contributed by atoms with Crippen LogP contribution in [0.25, 0.3) is 11.3 Å². The number of nitrogens with zero attached hydrogens (tertiary/aromatic N) is 5. The molecule has 6 heteroatoms. The molecular formula is C19H19N5O. The second-order valence-electron chi connectivity index (χ2n) is 6.34. The molecule has 1 saturated heterocycles. The first kappa shape index (κ1) is 15.5. The molecule has 6 nitrogen and oxygen atoms in total. The zero-order valence-electron chi connectivity index (χ0n) is 14.0. The van der Waals surface area contributed by atoms with Crippen molar-refractivity contribution in [2.75, 3.05) is 13.1 Å². The molecule has 0 spiro atoms. The molecule has 1 fully saturated rings. The summed E-state index contributed by atoms with van der Waals surface area (Å²) in [4.78, 5) is 23.3. The van der Waals surface area contributed by atoms with Crippen molar-refractivity contribution >= 4 is 5.91 Å². The highest BCUT2D eigenvalue weighted by atomic mass is 16.2. The molecule has 0 bridgehead atoms. The van der Waals surface area contributed by atoms with Crippen LogP contribution in [0.2, 0.25) is 0 Å². The van der Waals surface area contributed by atoms with Crippen LogP contribution in [0.15, 0.2) is 55.2 Å². The van der Waals surface area contributed by atoms with Crippen LogP contribution in [0.5, 0.6) is 0 Å². The summed E-state index contributed by atoms with van der Waals surface area (Å²) in [5, 5.41) is 4.38. The van der Waals surface area contributed by atoms with Gasteiger partial charge >= 0.3 is 0 Å². The monoisotopic (exact) mass is 333 g/mol. The lowest BCUT2D eigenvalue weighted by molar-refractivity contribution is 0.0787. The van der Waals surface area contributed by atoms with Crippen molar-refractivity contribution < 1.29 is 4.79 Å². The maximum Gasteiger partial charge on any atom is 0.257 e. The number of aryl methyl sites for hydroxylation is 1. The maximum atomic E-state index is 13.0. The Morgan fingerprint density at radius 1 is 1.20 bits per heavy atom. The molecule has 25 heavy (non-hydrogen) atoms. The van der Waals surface area contributed by atoms with Crippen LogP contribution in [0.4, 0.5) is 0 Å². The average Bonchev–Trinajstić information content (AvgIpc) is 3.31. The van der Waals surface area contributed by atoms with E-state index in [1.165, 1.54) is 6.33 Å². The Hall–Kier alpha value is -3.02. The molecule has 1 aromatic carbocycles. The minimum Gasteiger partial charge on any atom is -0.336 e. The van der Waals surface area contributed by atoms with Crippen molar-refractivity contribution in [2.24, 2.45) is 0 Å². The van der Waals surface area contributed by atoms with E-state index >= 15 is 0 Å². The van der Waals surface area contributed by atoms with Crippen LogP contribution >= 0.6 is 0 Å². The number of amides is 1. The molecule has 1 atom stereocenters. The van der Waals surface area contributed by atoms with Crippen molar-refractivity contribution in [1.82, 2.24) is 24.6 Å². The molecule has 2 aromatic heterocycles. The Balaban J connectivity index is 1.58. The second kappa shape index (κ2) is 6.47. The predicted octanol–water partition coefficient (Wildman–Crippen LogP) is 2.74. The highest BCUT2D eigenvalue weighted by Crippen LogP contribution is 2.26. The summed E-state index contributed by atoms with van der Waals surface area (Å²) in [6.07, 6.45) is 7.88. The third-order valence-electron chi connectivity index (χ3n) is 4.55. The quantitative estimate of drug-likeness (QED) is 0.739. The minimum atomic E-state index is -0.0224. The van der Waals surface area contributed by atoms with E-state index in [1.54, 1.807) is 6.20 Å². The largest absolute Gasteiger partial charge is 0.336 e. The van der Waals surface area contributed by atoms with E-state index in [4.69, 9.17) is 0 Å². The SMILES string of the molecule is Cc1cnn(C2CCN(C(=O)c3cncnc3-c3ccccc3)C2)c1. The molecule has 1 unspecified atom stereocenters. The number of carbonyl (C=O) groups excluding carboxylic acids is 1. The molecular weight excluding hydrogens is 314 g/mol. The minimum absolute atomic E-state index is 0.0224. The summed E-state index contributed by atoms with van der Waals surface area (Å²) < 4.78 is 1.96. The van der Waals surface area contributed by atoms with Crippen molar-refractivity contribution in [3.63, 3.8) is 0 Å². The lowest BCUT2D eigenvalue weighted by atomic mass is 10.1. The molecule has 3 heterocycles. The number of carbonyl (C=O) groups is 1. The number of rotatable bonds is 3. The first-order valence-corrected chi connectivity index (χ1v) is 8.38. The Morgan fingerprint density at radius 3 is 2.80 bits per heavy atom. The van der Waals surface area contributed by atoms with Gasteiger partial charge in [0.25, 0.3) is 5.91 Å². The highest BCUT2D eigenvalue weighted by Gasteiger charge is 2.30. The summed E-state index contributed by atoms with van der Waals surface area (Å²) >= 11 is 0. The lowest BCUT2D eigenvalue weighted by Crippen LogP contribution is -2.30. The van der Waals surface area contributed by atoms with Gasteiger partial charge in [0, 0.05) is 31.0 Å². The van der Waals surface area contributed by atoms with Crippen molar-refractivity contribution in [3.05, 3.63) is 66.4 Å². The number of aromatic nitrogens is 4. The molecule has 0 saturated carbocycles. The van der Waals surface area contributed by atoms with Crippen LogP contribution in [0.1, 0.15) is 28.4 Å². The molecule has 4 rings (SSSR count). The third-order valence-corrected chi connectivity index (χ3v) is 4.55. The van der Waals surface area contributed by atoms with Crippen LogP contribution in [0.3, 0.4) is 0 Å². The Labute approximate surface area is 146 Å². The van der Waals surface area contributed by atoms with Gasteiger partial charge in [0.05, 0.1) is 23.5 Å². The van der Waals surface area contributed by atoms with Gasteiger partial charge in [0.2, 0.25) is 0 Å².